The fourth-order valence-corrected chi connectivity index (χ4v) is 1.59. The molecule has 1 aromatic carbocycles. The zero-order chi connectivity index (χ0) is 13.0. The van der Waals surface area contributed by atoms with E-state index in [0.29, 0.717) is 12.3 Å². The van der Waals surface area contributed by atoms with Crippen LogP contribution in [-0.2, 0) is 6.54 Å². The highest BCUT2D eigenvalue weighted by molar-refractivity contribution is 5.91. The van der Waals surface area contributed by atoms with E-state index in [1.54, 1.807) is 13.0 Å². The monoisotopic (exact) mass is 245 g/mol. The second kappa shape index (κ2) is 5.46. The Hall–Kier alpha value is -2.14. The van der Waals surface area contributed by atoms with Crippen molar-refractivity contribution in [2.75, 3.05) is 0 Å². The Balaban J connectivity index is 1.84. The second-order valence-electron chi connectivity index (χ2n) is 4.12. The molecule has 5 nitrogen and oxygen atoms in total. The number of rotatable bonds is 4. The van der Waals surface area contributed by atoms with Gasteiger partial charge in [-0.05, 0) is 19.4 Å². The Morgan fingerprint density at radius 1 is 1.33 bits per heavy atom. The van der Waals surface area contributed by atoms with Gasteiger partial charge in [-0.25, -0.2) is 5.43 Å². The molecule has 1 amide bonds. The molecule has 5 heteroatoms. The van der Waals surface area contributed by atoms with E-state index in [0.717, 1.165) is 5.56 Å². The molecule has 0 radical (unpaired) electrons. The molecule has 0 spiro atoms. The maximum absolute atomic E-state index is 11.6. The summed E-state index contributed by atoms with van der Waals surface area (Å²) >= 11 is 0. The predicted molar refractivity (Wildman–Crippen MR) is 66.7 cm³/mol. The number of aryl methyl sites for hydroxylation is 2. The molecule has 2 aromatic rings. The van der Waals surface area contributed by atoms with Crippen molar-refractivity contribution in [1.82, 2.24) is 16.0 Å². The molecule has 2 rings (SSSR count). The lowest BCUT2D eigenvalue weighted by atomic mass is 10.1. The van der Waals surface area contributed by atoms with Crippen LogP contribution >= 0.6 is 0 Å². The summed E-state index contributed by atoms with van der Waals surface area (Å²) in [4.78, 5) is 11.6. The van der Waals surface area contributed by atoms with Crippen molar-refractivity contribution in [3.63, 3.8) is 0 Å². The van der Waals surface area contributed by atoms with Crippen LogP contribution in [0.15, 0.2) is 34.9 Å². The zero-order valence-corrected chi connectivity index (χ0v) is 10.4. The van der Waals surface area contributed by atoms with E-state index in [1.165, 1.54) is 5.56 Å². The van der Waals surface area contributed by atoms with Gasteiger partial charge in [-0.3, -0.25) is 10.2 Å². The fourth-order valence-electron chi connectivity index (χ4n) is 1.59. The standard InChI is InChI=1S/C13H15N3O2/c1-9-4-3-5-11(6-9)8-14-15-13(17)12-7-10(2)18-16-12/h3-7,14H,8H2,1-2H3,(H,15,17). The van der Waals surface area contributed by atoms with Crippen LogP contribution in [0.1, 0.15) is 27.4 Å². The molecule has 0 saturated heterocycles. The summed E-state index contributed by atoms with van der Waals surface area (Å²) in [5.74, 6) is 0.304. The van der Waals surface area contributed by atoms with Crippen LogP contribution in [0, 0.1) is 13.8 Å². The Morgan fingerprint density at radius 3 is 2.83 bits per heavy atom. The molecule has 0 bridgehead atoms. The Morgan fingerprint density at radius 2 is 2.17 bits per heavy atom. The number of carbonyl (C=O) groups excluding carboxylic acids is 1. The van der Waals surface area contributed by atoms with Gasteiger partial charge in [0.25, 0.3) is 5.91 Å². The number of nitrogens with zero attached hydrogens (tertiary/aromatic N) is 1. The maximum Gasteiger partial charge on any atom is 0.287 e. The van der Waals surface area contributed by atoms with Gasteiger partial charge in [0.2, 0.25) is 0 Å². The average molecular weight is 245 g/mol. The molecule has 94 valence electrons. The van der Waals surface area contributed by atoms with Crippen LogP contribution in [0.4, 0.5) is 0 Å². The largest absolute Gasteiger partial charge is 0.361 e. The fraction of sp³-hybridized carbons (Fsp3) is 0.231. The van der Waals surface area contributed by atoms with Gasteiger partial charge in [0.05, 0.1) is 0 Å². The van der Waals surface area contributed by atoms with Crippen LogP contribution in [0.5, 0.6) is 0 Å². The van der Waals surface area contributed by atoms with Crippen molar-refractivity contribution in [2.24, 2.45) is 0 Å². The molecular weight excluding hydrogens is 230 g/mol. The zero-order valence-electron chi connectivity index (χ0n) is 10.4. The highest BCUT2D eigenvalue weighted by Gasteiger charge is 2.09. The van der Waals surface area contributed by atoms with Gasteiger partial charge in [0.1, 0.15) is 5.76 Å². The molecule has 1 heterocycles. The van der Waals surface area contributed by atoms with Crippen molar-refractivity contribution in [1.29, 1.82) is 0 Å². The Bertz CT molecular complexity index is 549. The first-order chi connectivity index (χ1) is 8.65. The lowest BCUT2D eigenvalue weighted by Gasteiger charge is -2.06. The molecule has 0 unspecified atom stereocenters. The summed E-state index contributed by atoms with van der Waals surface area (Å²) in [5, 5.41) is 3.63. The average Bonchev–Trinajstić information content (AvgIpc) is 2.76. The summed E-state index contributed by atoms with van der Waals surface area (Å²) in [5.41, 5.74) is 7.98. The van der Waals surface area contributed by atoms with Crippen LogP contribution in [0.3, 0.4) is 0 Å². The number of amides is 1. The number of hydrogen-bond donors (Lipinski definition) is 2. The lowest BCUT2D eigenvalue weighted by molar-refractivity contribution is 0.0923. The minimum Gasteiger partial charge on any atom is -0.361 e. The van der Waals surface area contributed by atoms with Crippen molar-refractivity contribution < 1.29 is 9.32 Å². The maximum atomic E-state index is 11.6. The van der Waals surface area contributed by atoms with Gasteiger partial charge in [-0.1, -0.05) is 35.0 Å². The van der Waals surface area contributed by atoms with Crippen LogP contribution in [-0.4, -0.2) is 11.1 Å². The Kier molecular flexibility index (Phi) is 3.74. The van der Waals surface area contributed by atoms with E-state index in [-0.39, 0.29) is 11.6 Å². The quantitative estimate of drug-likeness (QED) is 0.805. The van der Waals surface area contributed by atoms with Crippen LogP contribution in [0.25, 0.3) is 0 Å². The van der Waals surface area contributed by atoms with Crippen molar-refractivity contribution in [3.8, 4) is 0 Å². The number of hydrazine groups is 1. The first-order valence-electron chi connectivity index (χ1n) is 5.67. The number of hydrogen-bond acceptors (Lipinski definition) is 4. The van der Waals surface area contributed by atoms with E-state index in [4.69, 9.17) is 4.52 Å². The third-order valence-corrected chi connectivity index (χ3v) is 2.44. The minimum absolute atomic E-state index is 0.268. The van der Waals surface area contributed by atoms with Crippen LogP contribution < -0.4 is 10.9 Å². The lowest BCUT2D eigenvalue weighted by Crippen LogP contribution is -2.36. The van der Waals surface area contributed by atoms with Gasteiger partial charge in [-0.2, -0.15) is 0 Å². The molecule has 0 saturated carbocycles. The smallest absolute Gasteiger partial charge is 0.287 e. The van der Waals surface area contributed by atoms with E-state index in [9.17, 15) is 4.79 Å². The number of aromatic nitrogens is 1. The van der Waals surface area contributed by atoms with Crippen molar-refractivity contribution in [2.45, 2.75) is 20.4 Å². The predicted octanol–water partition coefficient (Wildman–Crippen LogP) is 1.73. The van der Waals surface area contributed by atoms with Gasteiger partial charge < -0.3 is 4.52 Å². The van der Waals surface area contributed by atoms with E-state index in [2.05, 4.69) is 22.1 Å². The second-order valence-corrected chi connectivity index (χ2v) is 4.12. The van der Waals surface area contributed by atoms with E-state index in [1.807, 2.05) is 25.1 Å². The summed E-state index contributed by atoms with van der Waals surface area (Å²) in [6, 6.07) is 9.64. The van der Waals surface area contributed by atoms with Gasteiger partial charge >= 0.3 is 0 Å². The Labute approximate surface area is 105 Å². The van der Waals surface area contributed by atoms with E-state index >= 15 is 0 Å². The summed E-state index contributed by atoms with van der Waals surface area (Å²) in [6.07, 6.45) is 0. The normalized spacial score (nSPS) is 10.3. The first-order valence-corrected chi connectivity index (χ1v) is 5.67. The third-order valence-electron chi connectivity index (χ3n) is 2.44. The molecule has 1 aromatic heterocycles. The molecule has 18 heavy (non-hydrogen) atoms. The minimum atomic E-state index is -0.306. The van der Waals surface area contributed by atoms with Crippen molar-refractivity contribution >= 4 is 5.91 Å². The summed E-state index contributed by atoms with van der Waals surface area (Å²) < 4.78 is 4.83. The summed E-state index contributed by atoms with van der Waals surface area (Å²) in [7, 11) is 0. The molecule has 0 aliphatic rings. The van der Waals surface area contributed by atoms with Gasteiger partial charge in [-0.15, -0.1) is 0 Å². The highest BCUT2D eigenvalue weighted by Crippen LogP contribution is 2.03. The molecule has 2 N–H and O–H groups in total. The molecular formula is C13H15N3O2. The molecule has 0 fully saturated rings. The third kappa shape index (κ3) is 3.18. The van der Waals surface area contributed by atoms with Crippen molar-refractivity contribution in [3.05, 3.63) is 52.9 Å². The first kappa shape index (κ1) is 12.3. The number of carbonyl (C=O) groups is 1. The number of nitrogens with one attached hydrogen (secondary N) is 2. The number of benzene rings is 1. The van der Waals surface area contributed by atoms with Crippen LogP contribution in [0.2, 0.25) is 0 Å². The SMILES string of the molecule is Cc1cccc(CNNC(=O)c2cc(C)on2)c1. The highest BCUT2D eigenvalue weighted by atomic mass is 16.5. The molecule has 0 aliphatic carbocycles. The molecule has 0 aliphatic heterocycles. The topological polar surface area (TPSA) is 67.2 Å². The van der Waals surface area contributed by atoms with Gasteiger partial charge in [0, 0.05) is 12.6 Å². The summed E-state index contributed by atoms with van der Waals surface area (Å²) in [6.45, 7) is 4.33. The van der Waals surface area contributed by atoms with Gasteiger partial charge in [0.15, 0.2) is 5.69 Å². The molecule has 0 atom stereocenters. The van der Waals surface area contributed by atoms with E-state index < -0.39 is 0 Å².